The van der Waals surface area contributed by atoms with Gasteiger partial charge >= 0.3 is 0 Å². The molecule has 1 fully saturated rings. The highest BCUT2D eigenvalue weighted by Gasteiger charge is 2.51. The summed E-state index contributed by atoms with van der Waals surface area (Å²) in [6, 6.07) is -1.16. The van der Waals surface area contributed by atoms with Crippen LogP contribution in [-0.2, 0) is 5.72 Å². The molecule has 2 atom stereocenters. The van der Waals surface area contributed by atoms with Gasteiger partial charge in [-0.15, -0.1) is 0 Å². The molecule has 2 N–H and O–H groups in total. The number of aromatic nitrogens is 2. The molecule has 8 heteroatoms. The van der Waals surface area contributed by atoms with E-state index >= 15 is 0 Å². The van der Waals surface area contributed by atoms with Crippen LogP contribution in [0, 0.1) is 10.1 Å². The standard InChI is InChI=1S/C11H19N5O3/c1-9(16(18)19)11(17,10-12-3-4-13-10)15-7-5-14(2)6-8-15/h3-4,9,17H,5-8H2,1-2H3,(H,12,13). The van der Waals surface area contributed by atoms with Crippen molar-refractivity contribution in [3.8, 4) is 0 Å². The van der Waals surface area contributed by atoms with Crippen molar-refractivity contribution in [1.82, 2.24) is 19.8 Å². The van der Waals surface area contributed by atoms with Crippen molar-refractivity contribution in [3.05, 3.63) is 28.3 Å². The number of aliphatic hydroxyl groups is 1. The first-order valence-corrected chi connectivity index (χ1v) is 6.25. The minimum absolute atomic E-state index is 0.223. The van der Waals surface area contributed by atoms with E-state index in [1.807, 2.05) is 7.05 Å². The highest BCUT2D eigenvalue weighted by atomic mass is 16.6. The Morgan fingerprint density at radius 1 is 1.53 bits per heavy atom. The summed E-state index contributed by atoms with van der Waals surface area (Å²) in [5.74, 6) is 0.223. The Kier molecular flexibility index (Phi) is 3.83. The lowest BCUT2D eigenvalue weighted by molar-refractivity contribution is -0.555. The average molecular weight is 269 g/mol. The minimum atomic E-state index is -1.70. The number of rotatable bonds is 4. The van der Waals surface area contributed by atoms with Crippen LogP contribution in [0.3, 0.4) is 0 Å². The van der Waals surface area contributed by atoms with Gasteiger partial charge in [0.15, 0.2) is 5.82 Å². The quantitative estimate of drug-likeness (QED) is 0.563. The number of hydrogen-bond acceptors (Lipinski definition) is 6. The van der Waals surface area contributed by atoms with Gasteiger partial charge in [-0.3, -0.25) is 15.0 Å². The van der Waals surface area contributed by atoms with Crippen LogP contribution in [0.25, 0.3) is 0 Å². The normalized spacial score (nSPS) is 22.9. The lowest BCUT2D eigenvalue weighted by Gasteiger charge is -2.42. The Labute approximate surface area is 111 Å². The number of likely N-dealkylation sites (N-methyl/N-ethyl adjacent to an activating group) is 1. The molecule has 8 nitrogen and oxygen atoms in total. The van der Waals surface area contributed by atoms with Gasteiger partial charge in [-0.1, -0.05) is 0 Å². The average Bonchev–Trinajstić information content (AvgIpc) is 2.92. The van der Waals surface area contributed by atoms with Crippen LogP contribution in [0.2, 0.25) is 0 Å². The third-order valence-corrected chi connectivity index (χ3v) is 3.73. The van der Waals surface area contributed by atoms with Crippen LogP contribution in [0.15, 0.2) is 12.4 Å². The van der Waals surface area contributed by atoms with Crippen molar-refractivity contribution in [2.24, 2.45) is 0 Å². The molecule has 1 aliphatic heterocycles. The number of nitro groups is 1. The summed E-state index contributed by atoms with van der Waals surface area (Å²) in [5.41, 5.74) is -1.70. The van der Waals surface area contributed by atoms with E-state index in [-0.39, 0.29) is 5.82 Å². The smallest absolute Gasteiger partial charge is 0.259 e. The Bertz CT molecular complexity index is 430. The summed E-state index contributed by atoms with van der Waals surface area (Å²) in [6.07, 6.45) is 3.05. The number of nitrogens with one attached hydrogen (secondary N) is 1. The van der Waals surface area contributed by atoms with Gasteiger partial charge in [-0.2, -0.15) is 0 Å². The van der Waals surface area contributed by atoms with Gasteiger partial charge < -0.3 is 15.0 Å². The van der Waals surface area contributed by atoms with Crippen LogP contribution in [-0.4, -0.2) is 69.1 Å². The molecular formula is C11H19N5O3. The predicted molar refractivity (Wildman–Crippen MR) is 68.0 cm³/mol. The van der Waals surface area contributed by atoms with Gasteiger partial charge in [0.2, 0.25) is 5.72 Å². The summed E-state index contributed by atoms with van der Waals surface area (Å²) in [6.45, 7) is 4.04. The van der Waals surface area contributed by atoms with Crippen molar-refractivity contribution >= 4 is 0 Å². The zero-order valence-electron chi connectivity index (χ0n) is 11.1. The molecule has 0 saturated carbocycles. The monoisotopic (exact) mass is 269 g/mol. The molecule has 0 aliphatic carbocycles. The van der Waals surface area contributed by atoms with E-state index in [0.29, 0.717) is 13.1 Å². The predicted octanol–water partition coefficient (Wildman–Crippen LogP) is -0.533. The fourth-order valence-corrected chi connectivity index (χ4v) is 2.37. The lowest BCUT2D eigenvalue weighted by Crippen LogP contribution is -2.61. The number of aromatic amines is 1. The second-order valence-corrected chi connectivity index (χ2v) is 4.92. The van der Waals surface area contributed by atoms with Crippen LogP contribution in [0.4, 0.5) is 0 Å². The van der Waals surface area contributed by atoms with Crippen LogP contribution in [0.5, 0.6) is 0 Å². The largest absolute Gasteiger partial charge is 0.363 e. The van der Waals surface area contributed by atoms with E-state index in [1.165, 1.54) is 13.1 Å². The van der Waals surface area contributed by atoms with Crippen molar-refractivity contribution in [2.75, 3.05) is 33.2 Å². The maximum atomic E-state index is 11.1. The topological polar surface area (TPSA) is 98.5 Å². The van der Waals surface area contributed by atoms with Crippen LogP contribution in [0.1, 0.15) is 12.7 Å². The number of H-pyrrole nitrogens is 1. The van der Waals surface area contributed by atoms with Crippen molar-refractivity contribution in [2.45, 2.75) is 18.7 Å². The van der Waals surface area contributed by atoms with Crippen molar-refractivity contribution in [3.63, 3.8) is 0 Å². The number of imidazole rings is 1. The fraction of sp³-hybridized carbons (Fsp3) is 0.727. The van der Waals surface area contributed by atoms with E-state index < -0.39 is 16.7 Å². The van der Waals surface area contributed by atoms with Crippen molar-refractivity contribution < 1.29 is 10.0 Å². The van der Waals surface area contributed by atoms with Gasteiger partial charge in [-0.25, -0.2) is 4.98 Å². The molecule has 106 valence electrons. The molecule has 1 aromatic heterocycles. The second kappa shape index (κ2) is 5.24. The van der Waals surface area contributed by atoms with E-state index in [0.717, 1.165) is 13.1 Å². The Balaban J connectivity index is 2.32. The third kappa shape index (κ3) is 2.46. The number of nitrogens with zero attached hydrogens (tertiary/aromatic N) is 4. The number of piperazine rings is 1. The fourth-order valence-electron chi connectivity index (χ4n) is 2.37. The van der Waals surface area contributed by atoms with Crippen LogP contribution >= 0.6 is 0 Å². The molecule has 19 heavy (non-hydrogen) atoms. The molecule has 0 amide bonds. The van der Waals surface area contributed by atoms with E-state index in [9.17, 15) is 15.2 Å². The summed E-state index contributed by atoms with van der Waals surface area (Å²) in [5, 5.41) is 22.0. The molecule has 0 bridgehead atoms. The first-order valence-electron chi connectivity index (χ1n) is 6.25. The van der Waals surface area contributed by atoms with Gasteiger partial charge in [0.1, 0.15) is 0 Å². The van der Waals surface area contributed by atoms with E-state index in [1.54, 1.807) is 11.1 Å². The summed E-state index contributed by atoms with van der Waals surface area (Å²) in [4.78, 5) is 21.3. The molecule has 2 unspecified atom stereocenters. The molecule has 1 aliphatic rings. The first kappa shape index (κ1) is 13.9. The lowest BCUT2D eigenvalue weighted by atomic mass is 10.0. The zero-order valence-corrected chi connectivity index (χ0v) is 11.1. The second-order valence-electron chi connectivity index (χ2n) is 4.92. The summed E-state index contributed by atoms with van der Waals surface area (Å²) < 4.78 is 0. The highest BCUT2D eigenvalue weighted by molar-refractivity contribution is 5.05. The minimum Gasteiger partial charge on any atom is -0.363 e. The summed E-state index contributed by atoms with van der Waals surface area (Å²) >= 11 is 0. The highest BCUT2D eigenvalue weighted by Crippen LogP contribution is 2.29. The molecule has 2 heterocycles. The first-order chi connectivity index (χ1) is 8.96. The molecule has 2 rings (SSSR count). The van der Waals surface area contributed by atoms with Crippen LogP contribution < -0.4 is 0 Å². The maximum absolute atomic E-state index is 11.1. The third-order valence-electron chi connectivity index (χ3n) is 3.73. The molecule has 0 spiro atoms. The van der Waals surface area contributed by atoms with E-state index in [4.69, 9.17) is 0 Å². The maximum Gasteiger partial charge on any atom is 0.259 e. The van der Waals surface area contributed by atoms with Crippen molar-refractivity contribution in [1.29, 1.82) is 0 Å². The zero-order chi connectivity index (χ0) is 14.0. The Morgan fingerprint density at radius 2 is 2.16 bits per heavy atom. The molecule has 1 aromatic rings. The Morgan fingerprint density at radius 3 is 2.63 bits per heavy atom. The van der Waals surface area contributed by atoms with Gasteiger partial charge in [0.05, 0.1) is 0 Å². The molecule has 0 radical (unpaired) electrons. The molecule has 1 saturated heterocycles. The van der Waals surface area contributed by atoms with Gasteiger partial charge in [0, 0.05) is 50.4 Å². The number of hydrogen-bond donors (Lipinski definition) is 2. The summed E-state index contributed by atoms with van der Waals surface area (Å²) in [7, 11) is 1.99. The van der Waals surface area contributed by atoms with Gasteiger partial charge in [-0.05, 0) is 7.05 Å². The SMILES string of the molecule is CC([N+](=O)[O-])C(O)(c1ncc[nH]1)N1CCN(C)CC1. The molecule has 0 aromatic carbocycles. The Hall–Kier alpha value is -1.51. The van der Waals surface area contributed by atoms with Gasteiger partial charge in [0.25, 0.3) is 6.04 Å². The molecular weight excluding hydrogens is 250 g/mol. The van der Waals surface area contributed by atoms with E-state index in [2.05, 4.69) is 14.9 Å².